The molecular weight excluding hydrogens is 320 g/mol. The molecule has 0 aliphatic heterocycles. The lowest BCUT2D eigenvalue weighted by atomic mass is 10.1. The van der Waals surface area contributed by atoms with Crippen LogP contribution in [0.15, 0.2) is 78.9 Å². The van der Waals surface area contributed by atoms with Crippen molar-refractivity contribution in [1.82, 2.24) is 19.6 Å². The number of benzene rings is 3. The van der Waals surface area contributed by atoms with Crippen molar-refractivity contribution in [1.29, 1.82) is 0 Å². The van der Waals surface area contributed by atoms with Gasteiger partial charge < -0.3 is 0 Å². The lowest BCUT2D eigenvalue weighted by Gasteiger charge is -2.06. The standard InChI is InChI=1S/C22H14N4/c1-2-8-14(9-3-1)20-19-21(25-24-20)15-10-4-6-12-17(15)26-18-13-7-5-11-16(18)23-22(19)26/h1-13H,(H,24,25). The molecule has 0 unspecified atom stereocenters. The molecule has 4 nitrogen and oxygen atoms in total. The molecule has 0 radical (unpaired) electrons. The molecule has 6 aromatic rings. The molecule has 0 aliphatic rings. The SMILES string of the molecule is c1ccc(-c2n[nH]c3c4ccccc4n4c5ccccc5nc4c23)cc1. The van der Waals surface area contributed by atoms with Crippen LogP contribution in [0.25, 0.3) is 49.7 Å². The van der Waals surface area contributed by atoms with Crippen molar-refractivity contribution in [3.63, 3.8) is 0 Å². The zero-order chi connectivity index (χ0) is 17.1. The molecule has 3 aromatic carbocycles. The summed E-state index contributed by atoms with van der Waals surface area (Å²) in [5.74, 6) is 0. The van der Waals surface area contributed by atoms with Crippen molar-refractivity contribution in [2.24, 2.45) is 0 Å². The molecule has 0 saturated heterocycles. The second kappa shape index (κ2) is 4.92. The number of aromatic nitrogens is 4. The summed E-state index contributed by atoms with van der Waals surface area (Å²) >= 11 is 0. The van der Waals surface area contributed by atoms with E-state index in [9.17, 15) is 0 Å². The van der Waals surface area contributed by atoms with Crippen LogP contribution < -0.4 is 0 Å². The van der Waals surface area contributed by atoms with Crippen LogP contribution in [0, 0.1) is 0 Å². The van der Waals surface area contributed by atoms with Gasteiger partial charge in [-0.3, -0.25) is 9.50 Å². The first-order valence-corrected chi connectivity index (χ1v) is 8.63. The van der Waals surface area contributed by atoms with Gasteiger partial charge in [-0.05, 0) is 18.2 Å². The maximum Gasteiger partial charge on any atom is 0.150 e. The average molecular weight is 334 g/mol. The monoisotopic (exact) mass is 334 g/mol. The maximum atomic E-state index is 4.95. The Morgan fingerprint density at radius 3 is 2.35 bits per heavy atom. The molecule has 4 heteroatoms. The zero-order valence-electron chi connectivity index (χ0n) is 13.8. The minimum Gasteiger partial charge on any atom is -0.292 e. The minimum atomic E-state index is 0.937. The molecule has 26 heavy (non-hydrogen) atoms. The van der Waals surface area contributed by atoms with Crippen molar-refractivity contribution < 1.29 is 0 Å². The van der Waals surface area contributed by atoms with Gasteiger partial charge in [-0.15, -0.1) is 0 Å². The highest BCUT2D eigenvalue weighted by atomic mass is 15.1. The fourth-order valence-corrected chi connectivity index (χ4v) is 3.88. The predicted octanol–water partition coefficient (Wildman–Crippen LogP) is 5.18. The van der Waals surface area contributed by atoms with Crippen LogP contribution >= 0.6 is 0 Å². The van der Waals surface area contributed by atoms with Crippen LogP contribution in [-0.2, 0) is 0 Å². The van der Waals surface area contributed by atoms with E-state index in [2.05, 4.69) is 69.2 Å². The van der Waals surface area contributed by atoms with Crippen molar-refractivity contribution in [3.05, 3.63) is 78.9 Å². The van der Waals surface area contributed by atoms with Crippen LogP contribution in [0.2, 0.25) is 0 Å². The van der Waals surface area contributed by atoms with Gasteiger partial charge in [0.05, 0.1) is 27.5 Å². The van der Waals surface area contributed by atoms with Crippen LogP contribution in [-0.4, -0.2) is 19.6 Å². The van der Waals surface area contributed by atoms with Gasteiger partial charge in [-0.25, -0.2) is 4.98 Å². The molecule has 122 valence electrons. The molecule has 3 heterocycles. The van der Waals surface area contributed by atoms with Gasteiger partial charge in [0.1, 0.15) is 11.3 Å². The average Bonchev–Trinajstić information content (AvgIpc) is 3.31. The topological polar surface area (TPSA) is 46.0 Å². The van der Waals surface area contributed by atoms with Gasteiger partial charge in [-0.1, -0.05) is 60.7 Å². The van der Waals surface area contributed by atoms with E-state index < -0.39 is 0 Å². The first-order chi connectivity index (χ1) is 12.9. The first-order valence-electron chi connectivity index (χ1n) is 8.63. The number of rotatable bonds is 1. The molecule has 0 spiro atoms. The van der Waals surface area contributed by atoms with Crippen molar-refractivity contribution >= 4 is 38.5 Å². The smallest absolute Gasteiger partial charge is 0.150 e. The summed E-state index contributed by atoms with van der Waals surface area (Å²) in [6.07, 6.45) is 0. The summed E-state index contributed by atoms with van der Waals surface area (Å²) in [6.45, 7) is 0. The fourth-order valence-electron chi connectivity index (χ4n) is 3.88. The number of para-hydroxylation sites is 3. The van der Waals surface area contributed by atoms with Crippen LogP contribution in [0.1, 0.15) is 0 Å². The number of hydrogen-bond acceptors (Lipinski definition) is 2. The third kappa shape index (κ3) is 1.68. The Balaban J connectivity index is 1.93. The lowest BCUT2D eigenvalue weighted by Crippen LogP contribution is -1.91. The zero-order valence-corrected chi connectivity index (χ0v) is 13.8. The number of nitrogens with zero attached hydrogens (tertiary/aromatic N) is 3. The van der Waals surface area contributed by atoms with E-state index in [0.29, 0.717) is 0 Å². The number of hydrogen-bond donors (Lipinski definition) is 1. The molecule has 0 bridgehead atoms. The summed E-state index contributed by atoms with van der Waals surface area (Å²) < 4.78 is 2.24. The van der Waals surface area contributed by atoms with Crippen LogP contribution in [0.5, 0.6) is 0 Å². The van der Waals surface area contributed by atoms with Gasteiger partial charge in [0.25, 0.3) is 0 Å². The maximum absolute atomic E-state index is 4.95. The second-order valence-electron chi connectivity index (χ2n) is 6.46. The van der Waals surface area contributed by atoms with Crippen LogP contribution in [0.3, 0.4) is 0 Å². The number of fused-ring (bicyclic) bond motifs is 8. The largest absolute Gasteiger partial charge is 0.292 e. The molecule has 0 amide bonds. The molecule has 0 fully saturated rings. The number of aromatic amines is 1. The Morgan fingerprint density at radius 2 is 1.46 bits per heavy atom. The molecular formula is C22H14N4. The summed E-state index contributed by atoms with van der Waals surface area (Å²) in [7, 11) is 0. The molecule has 0 saturated carbocycles. The summed E-state index contributed by atoms with van der Waals surface area (Å²) in [5.41, 5.74) is 7.22. The Labute approximate surface area is 148 Å². The lowest BCUT2D eigenvalue weighted by molar-refractivity contribution is 1.13. The highest BCUT2D eigenvalue weighted by molar-refractivity contribution is 6.16. The summed E-state index contributed by atoms with van der Waals surface area (Å²) in [4.78, 5) is 4.95. The Morgan fingerprint density at radius 1 is 0.731 bits per heavy atom. The molecule has 6 rings (SSSR count). The van der Waals surface area contributed by atoms with E-state index in [4.69, 9.17) is 4.98 Å². The number of imidazole rings is 1. The predicted molar refractivity (Wildman–Crippen MR) is 105 cm³/mol. The summed E-state index contributed by atoms with van der Waals surface area (Å²) in [5, 5.41) is 10.1. The minimum absolute atomic E-state index is 0.937. The van der Waals surface area contributed by atoms with Gasteiger partial charge in [0.15, 0.2) is 0 Å². The number of H-pyrrole nitrogens is 1. The molecule has 3 aromatic heterocycles. The van der Waals surface area contributed by atoms with Crippen LogP contribution in [0.4, 0.5) is 0 Å². The van der Waals surface area contributed by atoms with E-state index >= 15 is 0 Å². The highest BCUT2D eigenvalue weighted by Crippen LogP contribution is 2.36. The highest BCUT2D eigenvalue weighted by Gasteiger charge is 2.18. The van der Waals surface area contributed by atoms with Gasteiger partial charge in [0, 0.05) is 10.9 Å². The quantitative estimate of drug-likeness (QED) is 0.450. The van der Waals surface area contributed by atoms with E-state index in [-0.39, 0.29) is 0 Å². The van der Waals surface area contributed by atoms with Crippen molar-refractivity contribution in [3.8, 4) is 11.3 Å². The molecule has 0 aliphatic carbocycles. The second-order valence-corrected chi connectivity index (χ2v) is 6.46. The summed E-state index contributed by atoms with van der Waals surface area (Å²) in [6, 6.07) is 26.9. The molecule has 1 N–H and O–H groups in total. The normalized spacial score (nSPS) is 11.8. The van der Waals surface area contributed by atoms with E-state index in [0.717, 1.165) is 49.7 Å². The third-order valence-corrected chi connectivity index (χ3v) is 5.01. The van der Waals surface area contributed by atoms with E-state index in [1.165, 1.54) is 0 Å². The first kappa shape index (κ1) is 13.6. The Bertz CT molecular complexity index is 1420. The number of pyridine rings is 1. The van der Waals surface area contributed by atoms with Crippen molar-refractivity contribution in [2.45, 2.75) is 0 Å². The van der Waals surface area contributed by atoms with Gasteiger partial charge in [0.2, 0.25) is 0 Å². The fraction of sp³-hybridized carbons (Fsp3) is 0. The van der Waals surface area contributed by atoms with Gasteiger partial charge >= 0.3 is 0 Å². The molecule has 0 atom stereocenters. The Kier molecular flexibility index (Phi) is 2.58. The van der Waals surface area contributed by atoms with Crippen molar-refractivity contribution in [2.75, 3.05) is 0 Å². The van der Waals surface area contributed by atoms with E-state index in [1.54, 1.807) is 0 Å². The van der Waals surface area contributed by atoms with Gasteiger partial charge in [-0.2, -0.15) is 5.10 Å². The third-order valence-electron chi connectivity index (χ3n) is 5.01. The Hall–Kier alpha value is -3.66. The number of nitrogens with one attached hydrogen (secondary N) is 1. The van der Waals surface area contributed by atoms with E-state index in [1.807, 2.05) is 24.3 Å².